The molecule has 0 atom stereocenters. The van der Waals surface area contributed by atoms with Crippen LogP contribution in [0, 0.1) is 0 Å². The van der Waals surface area contributed by atoms with Crippen LogP contribution in [0.5, 0.6) is 0 Å². The molecule has 0 bridgehead atoms. The highest BCUT2D eigenvalue weighted by atomic mass is 19.4. The maximum atomic E-state index is 12.3. The fraction of sp³-hybridized carbons (Fsp3) is 0.500. The van der Waals surface area contributed by atoms with Crippen molar-refractivity contribution in [2.75, 3.05) is 19.6 Å². The summed E-state index contributed by atoms with van der Waals surface area (Å²) < 4.78 is 36.8. The number of rotatable bonds is 3. The molecule has 20 heavy (non-hydrogen) atoms. The molecule has 0 saturated carbocycles. The highest BCUT2D eigenvalue weighted by Gasteiger charge is 2.42. The van der Waals surface area contributed by atoms with Gasteiger partial charge in [-0.1, -0.05) is 30.3 Å². The molecule has 0 radical (unpaired) electrons. The van der Waals surface area contributed by atoms with E-state index in [9.17, 15) is 18.0 Å². The predicted octanol–water partition coefficient (Wildman–Crippen LogP) is 1.99. The molecule has 1 aliphatic heterocycles. The van der Waals surface area contributed by atoms with Gasteiger partial charge in [0.15, 0.2) is 0 Å². The van der Waals surface area contributed by atoms with Crippen LogP contribution < -0.4 is 10.6 Å². The standard InChI is InChI=1S/C14H17F3N2O/c15-14(16,17)10-19-12(20)13(6-8-18-9-7-13)11-4-2-1-3-5-11/h1-5,18H,6-10H2,(H,19,20). The van der Waals surface area contributed by atoms with Gasteiger partial charge in [-0.2, -0.15) is 13.2 Å². The fourth-order valence-electron chi connectivity index (χ4n) is 2.61. The minimum atomic E-state index is -4.39. The molecule has 6 heteroatoms. The molecule has 3 nitrogen and oxygen atoms in total. The molecule has 1 fully saturated rings. The fourth-order valence-corrected chi connectivity index (χ4v) is 2.61. The molecule has 0 spiro atoms. The van der Waals surface area contributed by atoms with Crippen LogP contribution >= 0.6 is 0 Å². The maximum absolute atomic E-state index is 12.3. The van der Waals surface area contributed by atoms with Gasteiger partial charge in [0.1, 0.15) is 6.54 Å². The quantitative estimate of drug-likeness (QED) is 0.892. The molecule has 1 saturated heterocycles. The van der Waals surface area contributed by atoms with Crippen molar-refractivity contribution in [1.29, 1.82) is 0 Å². The van der Waals surface area contributed by atoms with E-state index < -0.39 is 24.0 Å². The third kappa shape index (κ3) is 3.30. The Hall–Kier alpha value is -1.56. The van der Waals surface area contributed by atoms with Crippen LogP contribution in [0.3, 0.4) is 0 Å². The van der Waals surface area contributed by atoms with E-state index in [2.05, 4.69) is 5.32 Å². The molecule has 0 unspecified atom stereocenters. The zero-order valence-corrected chi connectivity index (χ0v) is 11.0. The van der Waals surface area contributed by atoms with E-state index in [4.69, 9.17) is 0 Å². The van der Waals surface area contributed by atoms with Crippen molar-refractivity contribution < 1.29 is 18.0 Å². The van der Waals surface area contributed by atoms with Gasteiger partial charge >= 0.3 is 6.18 Å². The van der Waals surface area contributed by atoms with Crippen molar-refractivity contribution in [3.63, 3.8) is 0 Å². The van der Waals surface area contributed by atoms with Crippen molar-refractivity contribution in [2.45, 2.75) is 24.4 Å². The van der Waals surface area contributed by atoms with Gasteiger partial charge in [0.05, 0.1) is 5.41 Å². The van der Waals surface area contributed by atoms with Crippen molar-refractivity contribution in [3.8, 4) is 0 Å². The summed E-state index contributed by atoms with van der Waals surface area (Å²) in [5.74, 6) is -0.539. The Morgan fingerprint density at radius 2 is 1.80 bits per heavy atom. The summed E-state index contributed by atoms with van der Waals surface area (Å²) >= 11 is 0. The third-order valence-electron chi connectivity index (χ3n) is 3.67. The smallest absolute Gasteiger partial charge is 0.346 e. The number of hydrogen-bond donors (Lipinski definition) is 2. The van der Waals surface area contributed by atoms with Crippen molar-refractivity contribution >= 4 is 5.91 Å². The zero-order valence-electron chi connectivity index (χ0n) is 11.0. The summed E-state index contributed by atoms with van der Waals surface area (Å²) in [4.78, 5) is 12.3. The Balaban J connectivity index is 2.21. The Morgan fingerprint density at radius 1 is 1.20 bits per heavy atom. The lowest BCUT2D eigenvalue weighted by molar-refractivity contribution is -0.142. The first-order valence-corrected chi connectivity index (χ1v) is 6.55. The van der Waals surface area contributed by atoms with Gasteiger partial charge < -0.3 is 10.6 Å². The number of amides is 1. The van der Waals surface area contributed by atoms with Crippen molar-refractivity contribution in [2.24, 2.45) is 0 Å². The molecule has 1 heterocycles. The molecular formula is C14H17F3N2O. The van der Waals surface area contributed by atoms with Gasteiger partial charge in [0, 0.05) is 0 Å². The van der Waals surface area contributed by atoms with E-state index in [1.165, 1.54) is 0 Å². The highest BCUT2D eigenvalue weighted by Crippen LogP contribution is 2.34. The maximum Gasteiger partial charge on any atom is 0.405 e. The molecule has 0 aliphatic carbocycles. The van der Waals surface area contributed by atoms with E-state index in [1.807, 2.05) is 11.4 Å². The molecule has 1 aromatic carbocycles. The number of halogens is 3. The van der Waals surface area contributed by atoms with Gasteiger partial charge in [-0.3, -0.25) is 4.79 Å². The van der Waals surface area contributed by atoms with Gasteiger partial charge in [0.25, 0.3) is 0 Å². The van der Waals surface area contributed by atoms with E-state index in [-0.39, 0.29) is 0 Å². The number of carbonyl (C=O) groups is 1. The number of nitrogens with one attached hydrogen (secondary N) is 2. The predicted molar refractivity (Wildman–Crippen MR) is 69.3 cm³/mol. The van der Waals surface area contributed by atoms with Gasteiger partial charge in [-0.15, -0.1) is 0 Å². The van der Waals surface area contributed by atoms with Crippen LogP contribution in [-0.4, -0.2) is 31.7 Å². The number of piperidine rings is 1. The van der Waals surface area contributed by atoms with Crippen LogP contribution in [0.25, 0.3) is 0 Å². The van der Waals surface area contributed by atoms with Crippen LogP contribution in [-0.2, 0) is 10.2 Å². The van der Waals surface area contributed by atoms with Crippen molar-refractivity contribution in [3.05, 3.63) is 35.9 Å². The first-order chi connectivity index (χ1) is 9.44. The monoisotopic (exact) mass is 286 g/mol. The zero-order chi connectivity index (χ0) is 14.6. The van der Waals surface area contributed by atoms with Gasteiger partial charge in [-0.05, 0) is 31.5 Å². The van der Waals surface area contributed by atoms with Crippen LogP contribution in [0.4, 0.5) is 13.2 Å². The van der Waals surface area contributed by atoms with E-state index in [1.54, 1.807) is 24.3 Å². The average Bonchev–Trinajstić information content (AvgIpc) is 2.45. The number of carbonyl (C=O) groups excluding carboxylic acids is 1. The molecule has 0 aromatic heterocycles. The lowest BCUT2D eigenvalue weighted by Crippen LogP contribution is -2.52. The first-order valence-electron chi connectivity index (χ1n) is 6.55. The van der Waals surface area contributed by atoms with Gasteiger partial charge in [-0.25, -0.2) is 0 Å². The largest absolute Gasteiger partial charge is 0.405 e. The van der Waals surface area contributed by atoms with Crippen LogP contribution in [0.15, 0.2) is 30.3 Å². The lowest BCUT2D eigenvalue weighted by atomic mass is 9.72. The second-order valence-electron chi connectivity index (χ2n) is 5.00. The first kappa shape index (κ1) is 14.8. The Kier molecular flexibility index (Phi) is 4.32. The molecule has 2 N–H and O–H groups in total. The van der Waals surface area contributed by atoms with E-state index in [0.29, 0.717) is 25.9 Å². The summed E-state index contributed by atoms with van der Waals surface area (Å²) in [6, 6.07) is 9.04. The number of benzene rings is 1. The Bertz CT molecular complexity index is 453. The topological polar surface area (TPSA) is 41.1 Å². The lowest BCUT2D eigenvalue weighted by Gasteiger charge is -2.36. The second kappa shape index (κ2) is 5.83. The minimum absolute atomic E-state index is 0.501. The Morgan fingerprint density at radius 3 is 2.35 bits per heavy atom. The normalized spacial score (nSPS) is 18.6. The molecule has 1 amide bonds. The van der Waals surface area contributed by atoms with Crippen LogP contribution in [0.2, 0.25) is 0 Å². The second-order valence-corrected chi connectivity index (χ2v) is 5.00. The summed E-state index contributed by atoms with van der Waals surface area (Å²) in [6.45, 7) is -0.0451. The third-order valence-corrected chi connectivity index (χ3v) is 3.67. The summed E-state index contributed by atoms with van der Waals surface area (Å²) in [6.07, 6.45) is -3.39. The number of alkyl halides is 3. The minimum Gasteiger partial charge on any atom is -0.346 e. The van der Waals surface area contributed by atoms with Crippen molar-refractivity contribution in [1.82, 2.24) is 10.6 Å². The number of hydrogen-bond acceptors (Lipinski definition) is 2. The molecular weight excluding hydrogens is 269 g/mol. The van der Waals surface area contributed by atoms with Crippen LogP contribution in [0.1, 0.15) is 18.4 Å². The Labute approximate surface area is 115 Å². The molecule has 1 aromatic rings. The summed E-state index contributed by atoms with van der Waals surface area (Å²) in [5, 5.41) is 5.17. The van der Waals surface area contributed by atoms with E-state index in [0.717, 1.165) is 5.56 Å². The van der Waals surface area contributed by atoms with Gasteiger partial charge in [0.2, 0.25) is 5.91 Å². The SMILES string of the molecule is O=C(NCC(F)(F)F)C1(c2ccccc2)CCNCC1. The molecule has 1 aliphatic rings. The molecule has 2 rings (SSSR count). The average molecular weight is 286 g/mol. The summed E-state index contributed by atoms with van der Waals surface area (Å²) in [7, 11) is 0. The highest BCUT2D eigenvalue weighted by molar-refractivity contribution is 5.88. The molecule has 110 valence electrons. The summed E-state index contributed by atoms with van der Waals surface area (Å²) in [5.41, 5.74) is -0.0845. The van der Waals surface area contributed by atoms with E-state index >= 15 is 0 Å².